The Morgan fingerprint density at radius 2 is 1.89 bits per heavy atom. The summed E-state index contributed by atoms with van der Waals surface area (Å²) in [7, 11) is 0. The van der Waals surface area contributed by atoms with Gasteiger partial charge in [-0.25, -0.2) is 0 Å². The molecule has 2 N–H and O–H groups in total. The summed E-state index contributed by atoms with van der Waals surface area (Å²) in [5.41, 5.74) is 4.92. The highest BCUT2D eigenvalue weighted by molar-refractivity contribution is 5.98. The minimum absolute atomic E-state index is 0.0541. The zero-order valence-electron chi connectivity index (χ0n) is 16.8. The number of benzene rings is 1. The van der Waals surface area contributed by atoms with Gasteiger partial charge in [0.05, 0.1) is 12.1 Å². The molecule has 0 bridgehead atoms. The van der Waals surface area contributed by atoms with E-state index in [4.69, 9.17) is 0 Å². The smallest absolute Gasteiger partial charge is 0.268 e. The third-order valence-corrected chi connectivity index (χ3v) is 5.98. The van der Waals surface area contributed by atoms with Crippen molar-refractivity contribution in [1.82, 2.24) is 15.2 Å². The van der Waals surface area contributed by atoms with Gasteiger partial charge in [0.1, 0.15) is 12.4 Å². The minimum atomic E-state index is -0.482. The number of amidine groups is 1. The van der Waals surface area contributed by atoms with Crippen LogP contribution in [0.4, 0.5) is 5.69 Å². The molecule has 3 atom stereocenters. The van der Waals surface area contributed by atoms with E-state index in [0.29, 0.717) is 0 Å². The lowest BCUT2D eigenvalue weighted by molar-refractivity contribution is -0.151. The quantitative estimate of drug-likeness (QED) is 0.836. The molecule has 2 amide bonds. The van der Waals surface area contributed by atoms with Gasteiger partial charge in [0.15, 0.2) is 6.17 Å². The summed E-state index contributed by atoms with van der Waals surface area (Å²) in [6.45, 7) is 6.30. The number of carbonyl (C=O) groups is 2. The Morgan fingerprint density at radius 1 is 1.21 bits per heavy atom. The van der Waals surface area contributed by atoms with E-state index in [1.165, 1.54) is 0 Å². The van der Waals surface area contributed by atoms with Crippen LogP contribution < -0.4 is 10.7 Å². The topological polar surface area (TPSA) is 77.0 Å². The number of fused-ring (bicyclic) bond motifs is 3. The Bertz CT molecular complexity index is 788. The SMILES string of the molecule is Cc1ccc(NC(=O)CN2C(=O)C3NN=C(C(C)C)N3C3CCCCC32)cc1. The number of anilines is 1. The number of hydrogen-bond acceptors (Lipinski definition) is 5. The largest absolute Gasteiger partial charge is 0.325 e. The summed E-state index contributed by atoms with van der Waals surface area (Å²) in [5.74, 6) is 1.00. The number of piperazine rings is 1. The first-order valence-corrected chi connectivity index (χ1v) is 10.2. The lowest BCUT2D eigenvalue weighted by Crippen LogP contribution is -2.70. The van der Waals surface area contributed by atoms with Gasteiger partial charge >= 0.3 is 0 Å². The van der Waals surface area contributed by atoms with Crippen LogP contribution in [-0.4, -0.2) is 52.2 Å². The van der Waals surface area contributed by atoms with Crippen LogP contribution in [0.5, 0.6) is 0 Å². The molecular formula is C21H29N5O2. The second kappa shape index (κ2) is 7.45. The third-order valence-electron chi connectivity index (χ3n) is 5.98. The maximum Gasteiger partial charge on any atom is 0.268 e. The Kier molecular flexibility index (Phi) is 5.00. The van der Waals surface area contributed by atoms with Crippen LogP contribution in [0, 0.1) is 12.8 Å². The van der Waals surface area contributed by atoms with Crippen LogP contribution in [-0.2, 0) is 9.59 Å². The monoisotopic (exact) mass is 383 g/mol. The molecule has 0 radical (unpaired) electrons. The van der Waals surface area contributed by atoms with Crippen molar-refractivity contribution in [3.8, 4) is 0 Å². The molecule has 3 aliphatic rings. The number of aryl methyl sites for hydroxylation is 1. The summed E-state index contributed by atoms with van der Waals surface area (Å²) in [6.07, 6.45) is 3.71. The first-order chi connectivity index (χ1) is 13.5. The first-order valence-electron chi connectivity index (χ1n) is 10.2. The van der Waals surface area contributed by atoms with Crippen molar-refractivity contribution < 1.29 is 9.59 Å². The number of nitrogens with one attached hydrogen (secondary N) is 2. The number of carbonyl (C=O) groups excluding carboxylic acids is 2. The maximum atomic E-state index is 13.2. The highest BCUT2D eigenvalue weighted by Crippen LogP contribution is 2.35. The van der Waals surface area contributed by atoms with Gasteiger partial charge in [0.25, 0.3) is 5.91 Å². The molecule has 2 fully saturated rings. The Morgan fingerprint density at radius 3 is 2.57 bits per heavy atom. The Hall–Kier alpha value is -2.57. The van der Waals surface area contributed by atoms with Gasteiger partial charge in [-0.2, -0.15) is 5.10 Å². The fourth-order valence-electron chi connectivity index (χ4n) is 4.63. The highest BCUT2D eigenvalue weighted by Gasteiger charge is 2.51. The van der Waals surface area contributed by atoms with Crippen molar-refractivity contribution in [2.45, 2.75) is 64.7 Å². The van der Waals surface area contributed by atoms with Gasteiger partial charge in [0.2, 0.25) is 5.91 Å². The number of hydrazone groups is 1. The van der Waals surface area contributed by atoms with E-state index in [-0.39, 0.29) is 36.4 Å². The second-order valence-corrected chi connectivity index (χ2v) is 8.36. The molecular weight excluding hydrogens is 354 g/mol. The average molecular weight is 383 g/mol. The normalized spacial score (nSPS) is 26.5. The number of hydrogen-bond donors (Lipinski definition) is 2. The van der Waals surface area contributed by atoms with E-state index in [9.17, 15) is 9.59 Å². The van der Waals surface area contributed by atoms with Crippen molar-refractivity contribution >= 4 is 23.3 Å². The number of nitrogens with zero attached hydrogens (tertiary/aromatic N) is 3. The van der Waals surface area contributed by atoms with E-state index in [0.717, 1.165) is 42.8 Å². The van der Waals surface area contributed by atoms with Crippen LogP contribution in [0.25, 0.3) is 0 Å². The molecule has 0 aromatic heterocycles. The van der Waals surface area contributed by atoms with Gasteiger partial charge in [-0.15, -0.1) is 0 Å². The summed E-state index contributed by atoms with van der Waals surface area (Å²) in [5, 5.41) is 7.38. The molecule has 150 valence electrons. The molecule has 1 saturated heterocycles. The molecule has 7 nitrogen and oxygen atoms in total. The van der Waals surface area contributed by atoms with Crippen molar-refractivity contribution in [1.29, 1.82) is 0 Å². The Balaban J connectivity index is 1.52. The van der Waals surface area contributed by atoms with Crippen molar-refractivity contribution in [2.24, 2.45) is 11.0 Å². The van der Waals surface area contributed by atoms with Crippen LogP contribution in [0.2, 0.25) is 0 Å². The molecule has 2 heterocycles. The summed E-state index contributed by atoms with van der Waals surface area (Å²) in [4.78, 5) is 29.9. The fourth-order valence-corrected chi connectivity index (χ4v) is 4.63. The lowest BCUT2D eigenvalue weighted by atomic mass is 9.85. The number of amides is 2. The van der Waals surface area contributed by atoms with Gasteiger partial charge in [-0.1, -0.05) is 44.4 Å². The molecule has 0 spiro atoms. The second-order valence-electron chi connectivity index (χ2n) is 8.36. The molecule has 1 aromatic carbocycles. The third kappa shape index (κ3) is 3.34. The highest BCUT2D eigenvalue weighted by atomic mass is 16.2. The maximum absolute atomic E-state index is 13.2. The summed E-state index contributed by atoms with van der Waals surface area (Å²) >= 11 is 0. The van der Waals surface area contributed by atoms with E-state index in [1.54, 1.807) is 4.90 Å². The molecule has 1 aromatic rings. The molecule has 1 aliphatic carbocycles. The average Bonchev–Trinajstić information content (AvgIpc) is 3.13. The summed E-state index contributed by atoms with van der Waals surface area (Å²) < 4.78 is 0. The van der Waals surface area contributed by atoms with Gasteiger partial charge in [-0.3, -0.25) is 15.0 Å². The number of rotatable bonds is 4. The van der Waals surface area contributed by atoms with E-state index >= 15 is 0 Å². The molecule has 28 heavy (non-hydrogen) atoms. The Labute approximate surface area is 166 Å². The van der Waals surface area contributed by atoms with Crippen molar-refractivity contribution in [2.75, 3.05) is 11.9 Å². The van der Waals surface area contributed by atoms with Gasteiger partial charge in [-0.05, 0) is 31.9 Å². The standard InChI is InChI=1S/C21H29N5O2/c1-13(2)19-23-24-20-21(28)25(16-6-4-5-7-17(16)26(19)20)12-18(27)22-15-10-8-14(3)9-11-15/h8-11,13,16-17,20,24H,4-7,12H2,1-3H3,(H,22,27). The molecule has 1 saturated carbocycles. The van der Waals surface area contributed by atoms with E-state index in [1.807, 2.05) is 31.2 Å². The van der Waals surface area contributed by atoms with Crippen molar-refractivity contribution in [3.63, 3.8) is 0 Å². The van der Waals surface area contributed by atoms with Crippen molar-refractivity contribution in [3.05, 3.63) is 29.8 Å². The van der Waals surface area contributed by atoms with Crippen LogP contribution in [0.15, 0.2) is 29.4 Å². The van der Waals surface area contributed by atoms with E-state index < -0.39 is 6.17 Å². The van der Waals surface area contributed by atoms with Crippen LogP contribution in [0.3, 0.4) is 0 Å². The molecule has 2 aliphatic heterocycles. The molecule has 3 unspecified atom stereocenters. The summed E-state index contributed by atoms with van der Waals surface area (Å²) in [6, 6.07) is 7.98. The van der Waals surface area contributed by atoms with Gasteiger partial charge in [0, 0.05) is 11.6 Å². The van der Waals surface area contributed by atoms with Crippen LogP contribution >= 0.6 is 0 Å². The lowest BCUT2D eigenvalue weighted by Gasteiger charge is -2.51. The molecule has 7 heteroatoms. The zero-order valence-corrected chi connectivity index (χ0v) is 16.8. The van der Waals surface area contributed by atoms with E-state index in [2.05, 4.69) is 34.6 Å². The van der Waals surface area contributed by atoms with Gasteiger partial charge < -0.3 is 15.1 Å². The predicted molar refractivity (Wildman–Crippen MR) is 109 cm³/mol. The minimum Gasteiger partial charge on any atom is -0.325 e. The molecule has 4 rings (SSSR count). The first kappa shape index (κ1) is 18.8. The predicted octanol–water partition coefficient (Wildman–Crippen LogP) is 2.29. The fraction of sp³-hybridized carbons (Fsp3) is 0.571. The zero-order chi connectivity index (χ0) is 19.8. The van der Waals surface area contributed by atoms with Crippen LogP contribution in [0.1, 0.15) is 45.1 Å².